The van der Waals surface area contributed by atoms with Crippen molar-refractivity contribution in [2.24, 2.45) is 10.4 Å². The molecule has 0 atom stereocenters. The molecule has 6 nitrogen and oxygen atoms in total. The third-order valence-corrected chi connectivity index (χ3v) is 3.49. The van der Waals surface area contributed by atoms with E-state index in [4.69, 9.17) is 4.42 Å². The summed E-state index contributed by atoms with van der Waals surface area (Å²) >= 11 is 0. The Bertz CT molecular complexity index is 526. The van der Waals surface area contributed by atoms with Crippen molar-refractivity contribution in [3.63, 3.8) is 0 Å². The minimum absolute atomic E-state index is 0.0338. The van der Waals surface area contributed by atoms with E-state index in [1.54, 1.807) is 6.20 Å². The molecule has 0 fully saturated rings. The molecule has 1 rings (SSSR count). The van der Waals surface area contributed by atoms with E-state index in [1.165, 1.54) is 0 Å². The van der Waals surface area contributed by atoms with E-state index < -0.39 is 0 Å². The Balaban J connectivity index is 2.67. The largest absolute Gasteiger partial charge is 0.443 e. The molecule has 0 saturated carbocycles. The zero-order chi connectivity index (χ0) is 18.4. The van der Waals surface area contributed by atoms with Gasteiger partial charge >= 0.3 is 0 Å². The molecule has 1 aromatic rings. The minimum Gasteiger partial charge on any atom is -0.443 e. The average Bonchev–Trinajstić information content (AvgIpc) is 2.89. The standard InChI is InChI=1S/C18H35N5O/c1-9-19-16(22-12-18(5,6)13-23(7)8)21-11-15-20-10-14(24-15)17(2,3)4/h10H,9,11-13H2,1-8H3,(H2,19,21,22). The van der Waals surface area contributed by atoms with Crippen LogP contribution < -0.4 is 10.6 Å². The fourth-order valence-electron chi connectivity index (χ4n) is 2.45. The number of aromatic nitrogens is 1. The van der Waals surface area contributed by atoms with Crippen LogP contribution >= 0.6 is 0 Å². The van der Waals surface area contributed by atoms with Crippen LogP contribution in [0.4, 0.5) is 0 Å². The van der Waals surface area contributed by atoms with Crippen molar-refractivity contribution in [3.8, 4) is 0 Å². The fourth-order valence-corrected chi connectivity index (χ4v) is 2.45. The number of aliphatic imine (C=N–C) groups is 1. The van der Waals surface area contributed by atoms with Crippen molar-refractivity contribution in [2.75, 3.05) is 33.7 Å². The first kappa shape index (κ1) is 20.5. The predicted molar refractivity (Wildman–Crippen MR) is 100 cm³/mol. The van der Waals surface area contributed by atoms with Crippen LogP contribution in [-0.2, 0) is 12.0 Å². The Morgan fingerprint density at radius 1 is 1.21 bits per heavy atom. The van der Waals surface area contributed by atoms with Crippen LogP contribution in [0, 0.1) is 5.41 Å². The normalized spacial score (nSPS) is 13.5. The van der Waals surface area contributed by atoms with Crippen LogP contribution in [0.3, 0.4) is 0 Å². The molecular formula is C18H35N5O. The second-order valence-electron chi connectivity index (χ2n) is 8.32. The van der Waals surface area contributed by atoms with E-state index >= 15 is 0 Å². The third kappa shape index (κ3) is 7.34. The van der Waals surface area contributed by atoms with Crippen LogP contribution in [0.5, 0.6) is 0 Å². The van der Waals surface area contributed by atoms with Crippen molar-refractivity contribution in [1.82, 2.24) is 20.5 Å². The summed E-state index contributed by atoms with van der Waals surface area (Å²) in [5, 5.41) is 6.69. The van der Waals surface area contributed by atoms with Crippen LogP contribution in [0.15, 0.2) is 15.6 Å². The quantitative estimate of drug-likeness (QED) is 0.591. The average molecular weight is 338 g/mol. The molecular weight excluding hydrogens is 302 g/mol. The van der Waals surface area contributed by atoms with Crippen molar-refractivity contribution in [2.45, 2.75) is 53.5 Å². The lowest BCUT2D eigenvalue weighted by Crippen LogP contribution is -2.44. The second-order valence-corrected chi connectivity index (χ2v) is 8.32. The molecule has 0 saturated heterocycles. The van der Waals surface area contributed by atoms with Gasteiger partial charge in [-0.1, -0.05) is 34.6 Å². The topological polar surface area (TPSA) is 65.7 Å². The molecule has 24 heavy (non-hydrogen) atoms. The van der Waals surface area contributed by atoms with Gasteiger partial charge in [-0.25, -0.2) is 9.98 Å². The summed E-state index contributed by atoms with van der Waals surface area (Å²) in [4.78, 5) is 11.1. The van der Waals surface area contributed by atoms with E-state index in [2.05, 4.69) is 81.1 Å². The molecule has 0 unspecified atom stereocenters. The lowest BCUT2D eigenvalue weighted by Gasteiger charge is -2.29. The van der Waals surface area contributed by atoms with Crippen molar-refractivity contribution >= 4 is 5.96 Å². The lowest BCUT2D eigenvalue weighted by atomic mass is 9.93. The van der Waals surface area contributed by atoms with Gasteiger partial charge in [0.25, 0.3) is 0 Å². The maximum atomic E-state index is 5.79. The molecule has 0 bridgehead atoms. The zero-order valence-electron chi connectivity index (χ0n) is 16.7. The van der Waals surface area contributed by atoms with Gasteiger partial charge in [0.1, 0.15) is 12.3 Å². The van der Waals surface area contributed by atoms with Crippen LogP contribution in [0.25, 0.3) is 0 Å². The molecule has 138 valence electrons. The number of nitrogens with one attached hydrogen (secondary N) is 2. The molecule has 6 heteroatoms. The first-order valence-corrected chi connectivity index (χ1v) is 8.65. The molecule has 0 aromatic carbocycles. The Labute approximate surface area is 147 Å². The van der Waals surface area contributed by atoms with Crippen molar-refractivity contribution < 1.29 is 4.42 Å². The molecule has 0 aliphatic rings. The van der Waals surface area contributed by atoms with Crippen molar-refractivity contribution in [3.05, 3.63) is 17.8 Å². The van der Waals surface area contributed by atoms with Gasteiger partial charge in [-0.05, 0) is 26.4 Å². The summed E-state index contributed by atoms with van der Waals surface area (Å²) in [6.45, 7) is 16.0. The Morgan fingerprint density at radius 2 is 1.88 bits per heavy atom. The second kappa shape index (κ2) is 8.51. The Morgan fingerprint density at radius 3 is 2.38 bits per heavy atom. The van der Waals surface area contributed by atoms with Gasteiger partial charge in [-0.3, -0.25) is 0 Å². The van der Waals surface area contributed by atoms with Gasteiger partial charge in [0.05, 0.1) is 6.20 Å². The summed E-state index contributed by atoms with van der Waals surface area (Å²) in [5.74, 6) is 2.32. The number of oxazole rings is 1. The highest BCUT2D eigenvalue weighted by atomic mass is 16.4. The molecule has 1 heterocycles. The molecule has 0 aliphatic carbocycles. The number of hydrogen-bond donors (Lipinski definition) is 2. The van der Waals surface area contributed by atoms with E-state index in [-0.39, 0.29) is 10.8 Å². The maximum Gasteiger partial charge on any atom is 0.216 e. The third-order valence-electron chi connectivity index (χ3n) is 3.49. The Kier molecular flexibility index (Phi) is 7.27. The van der Waals surface area contributed by atoms with Gasteiger partial charge in [0.2, 0.25) is 5.89 Å². The van der Waals surface area contributed by atoms with E-state index in [0.29, 0.717) is 12.4 Å². The van der Waals surface area contributed by atoms with E-state index in [0.717, 1.165) is 31.4 Å². The van der Waals surface area contributed by atoms with E-state index in [9.17, 15) is 0 Å². The Hall–Kier alpha value is -1.56. The fraction of sp³-hybridized carbons (Fsp3) is 0.778. The summed E-state index contributed by atoms with van der Waals surface area (Å²) in [6.07, 6.45) is 1.80. The van der Waals surface area contributed by atoms with E-state index in [1.807, 2.05) is 0 Å². The van der Waals surface area contributed by atoms with Gasteiger partial charge in [-0.15, -0.1) is 0 Å². The highest BCUT2D eigenvalue weighted by molar-refractivity contribution is 5.79. The van der Waals surface area contributed by atoms with Gasteiger partial charge < -0.3 is 20.0 Å². The highest BCUT2D eigenvalue weighted by Crippen LogP contribution is 2.22. The molecule has 0 spiro atoms. The molecule has 1 aromatic heterocycles. The summed E-state index contributed by atoms with van der Waals surface area (Å²) in [6, 6.07) is 0. The summed E-state index contributed by atoms with van der Waals surface area (Å²) in [5.41, 5.74) is 0.121. The zero-order valence-corrected chi connectivity index (χ0v) is 16.7. The number of guanidine groups is 1. The van der Waals surface area contributed by atoms with Crippen LogP contribution in [-0.4, -0.2) is 49.6 Å². The van der Waals surface area contributed by atoms with Crippen LogP contribution in [0.2, 0.25) is 0 Å². The summed E-state index contributed by atoms with van der Waals surface area (Å²) in [7, 11) is 4.19. The van der Waals surface area contributed by atoms with Gasteiger partial charge in [0.15, 0.2) is 5.96 Å². The molecule has 2 N–H and O–H groups in total. The summed E-state index contributed by atoms with van der Waals surface area (Å²) < 4.78 is 5.79. The first-order valence-electron chi connectivity index (χ1n) is 8.65. The molecule has 0 amide bonds. The lowest BCUT2D eigenvalue weighted by molar-refractivity contribution is 0.241. The van der Waals surface area contributed by atoms with Gasteiger partial charge in [-0.2, -0.15) is 0 Å². The van der Waals surface area contributed by atoms with Crippen molar-refractivity contribution in [1.29, 1.82) is 0 Å². The predicted octanol–water partition coefficient (Wildman–Crippen LogP) is 2.62. The smallest absolute Gasteiger partial charge is 0.216 e. The minimum atomic E-state index is -0.0338. The highest BCUT2D eigenvalue weighted by Gasteiger charge is 2.20. The SMILES string of the molecule is CCNC(=NCc1ncc(C(C)(C)C)o1)NCC(C)(C)CN(C)C. The van der Waals surface area contributed by atoms with Gasteiger partial charge in [0, 0.05) is 25.0 Å². The number of hydrogen-bond acceptors (Lipinski definition) is 4. The number of rotatable bonds is 7. The maximum absolute atomic E-state index is 5.79. The van der Waals surface area contributed by atoms with Crippen LogP contribution in [0.1, 0.15) is 53.2 Å². The monoisotopic (exact) mass is 337 g/mol. The first-order chi connectivity index (χ1) is 11.0. The molecule has 0 radical (unpaired) electrons. The molecule has 0 aliphatic heterocycles. The number of nitrogens with zero attached hydrogens (tertiary/aromatic N) is 3.